The van der Waals surface area contributed by atoms with Gasteiger partial charge in [-0.3, -0.25) is 0 Å². The van der Waals surface area contributed by atoms with Crippen molar-refractivity contribution in [1.29, 1.82) is 0 Å². The molecule has 2 N–H and O–H groups in total. The average Bonchev–Trinajstić information content (AvgIpc) is 2.82. The Bertz CT molecular complexity index is 329. The van der Waals surface area contributed by atoms with E-state index in [1.165, 1.54) is 16.7 Å². The van der Waals surface area contributed by atoms with E-state index in [1.807, 2.05) is 30.3 Å². The number of hydrogen-bond donors (Lipinski definition) is 1. The fourth-order valence-corrected chi connectivity index (χ4v) is 1.27. The second-order valence-corrected chi connectivity index (χ2v) is 3.33. The van der Waals surface area contributed by atoms with Crippen molar-refractivity contribution < 1.29 is 17.1 Å². The van der Waals surface area contributed by atoms with E-state index in [2.05, 4.69) is 26.0 Å². The van der Waals surface area contributed by atoms with Crippen molar-refractivity contribution in [2.24, 2.45) is 5.73 Å². The van der Waals surface area contributed by atoms with Crippen molar-refractivity contribution >= 4 is 0 Å². The molecule has 2 rings (SSSR count). The zero-order chi connectivity index (χ0) is 10.4. The van der Waals surface area contributed by atoms with Crippen molar-refractivity contribution in [3.05, 3.63) is 59.2 Å². The standard InChI is InChI=1S/C8H12N.C5H5.Fe/c1-6-3-4-8(5-9)7(6)2;1-2-4-5-3-1;/h3-4H,5,9H2,1-2H3;1-5H;/q2*-1;+2. The van der Waals surface area contributed by atoms with Crippen LogP contribution in [0.1, 0.15) is 16.7 Å². The molecule has 82 valence electrons. The molecule has 0 saturated heterocycles. The Balaban J connectivity index is 0.000000280. The van der Waals surface area contributed by atoms with Gasteiger partial charge in [-0.15, -0.1) is 5.56 Å². The van der Waals surface area contributed by atoms with Gasteiger partial charge < -0.3 is 5.73 Å². The monoisotopic (exact) mass is 243 g/mol. The Morgan fingerprint density at radius 3 is 2.07 bits per heavy atom. The van der Waals surface area contributed by atoms with Crippen LogP contribution in [0.3, 0.4) is 0 Å². The van der Waals surface area contributed by atoms with Gasteiger partial charge in [0.15, 0.2) is 0 Å². The van der Waals surface area contributed by atoms with E-state index < -0.39 is 0 Å². The number of hydrogen-bond acceptors (Lipinski definition) is 1. The molecule has 0 radical (unpaired) electrons. The fraction of sp³-hybridized carbons (Fsp3) is 0.231. The van der Waals surface area contributed by atoms with Gasteiger partial charge in [0.2, 0.25) is 0 Å². The van der Waals surface area contributed by atoms with Crippen LogP contribution in [-0.2, 0) is 23.6 Å². The molecule has 0 unspecified atom stereocenters. The first-order valence-corrected chi connectivity index (χ1v) is 4.84. The van der Waals surface area contributed by atoms with Gasteiger partial charge in [-0.2, -0.15) is 35.4 Å². The molecule has 0 aliphatic heterocycles. The van der Waals surface area contributed by atoms with Gasteiger partial charge in [0.25, 0.3) is 0 Å². The van der Waals surface area contributed by atoms with E-state index in [-0.39, 0.29) is 17.1 Å². The predicted molar refractivity (Wildman–Crippen MR) is 61.4 cm³/mol. The van der Waals surface area contributed by atoms with Gasteiger partial charge in [-0.05, 0) is 6.54 Å². The predicted octanol–water partition coefficient (Wildman–Crippen LogP) is 2.88. The maximum Gasteiger partial charge on any atom is 2.00 e. The molecule has 0 aromatic heterocycles. The second-order valence-electron chi connectivity index (χ2n) is 3.33. The van der Waals surface area contributed by atoms with Gasteiger partial charge in [0.1, 0.15) is 0 Å². The van der Waals surface area contributed by atoms with Crippen LogP contribution < -0.4 is 5.73 Å². The number of nitrogens with two attached hydrogens (primary N) is 1. The van der Waals surface area contributed by atoms with Crippen LogP contribution in [0.4, 0.5) is 0 Å². The minimum atomic E-state index is 0. The molecule has 0 saturated carbocycles. The van der Waals surface area contributed by atoms with E-state index >= 15 is 0 Å². The summed E-state index contributed by atoms with van der Waals surface area (Å²) >= 11 is 0. The fourth-order valence-electron chi connectivity index (χ4n) is 1.27. The van der Waals surface area contributed by atoms with E-state index in [0.717, 1.165) is 0 Å². The maximum absolute atomic E-state index is 5.46. The zero-order valence-corrected chi connectivity index (χ0v) is 10.3. The molecule has 0 amide bonds. The molecule has 2 aromatic rings. The largest absolute Gasteiger partial charge is 2.00 e. The maximum atomic E-state index is 5.46. The first kappa shape index (κ1) is 14.2. The summed E-state index contributed by atoms with van der Waals surface area (Å²) in [5.41, 5.74) is 9.42. The normalized spacial score (nSPS) is 8.73. The molecule has 0 bridgehead atoms. The van der Waals surface area contributed by atoms with Crippen molar-refractivity contribution in [2.45, 2.75) is 20.4 Å². The molecule has 15 heavy (non-hydrogen) atoms. The van der Waals surface area contributed by atoms with Gasteiger partial charge in [0.05, 0.1) is 0 Å². The summed E-state index contributed by atoms with van der Waals surface area (Å²) in [7, 11) is 0. The van der Waals surface area contributed by atoms with E-state index in [1.54, 1.807) is 0 Å². The summed E-state index contributed by atoms with van der Waals surface area (Å²) < 4.78 is 0. The molecule has 2 aromatic carbocycles. The Labute approximate surface area is 103 Å². The van der Waals surface area contributed by atoms with Crippen LogP contribution in [0.15, 0.2) is 42.5 Å². The van der Waals surface area contributed by atoms with Gasteiger partial charge in [-0.25, -0.2) is 18.2 Å². The first-order chi connectivity index (χ1) is 6.75. The third-order valence-electron chi connectivity index (χ3n) is 2.38. The molecular weight excluding hydrogens is 226 g/mol. The second kappa shape index (κ2) is 7.47. The summed E-state index contributed by atoms with van der Waals surface area (Å²) in [6.07, 6.45) is 0. The third kappa shape index (κ3) is 4.48. The molecule has 1 nitrogen and oxygen atoms in total. The van der Waals surface area contributed by atoms with Crippen LogP contribution in [0.5, 0.6) is 0 Å². The van der Waals surface area contributed by atoms with E-state index in [4.69, 9.17) is 5.73 Å². The van der Waals surface area contributed by atoms with Crippen LogP contribution >= 0.6 is 0 Å². The van der Waals surface area contributed by atoms with Crippen LogP contribution in [0, 0.1) is 13.8 Å². The zero-order valence-electron chi connectivity index (χ0n) is 9.18. The summed E-state index contributed by atoms with van der Waals surface area (Å²) in [4.78, 5) is 0. The molecule has 0 atom stereocenters. The molecule has 0 heterocycles. The Kier molecular flexibility index (Phi) is 7.06. The molecule has 2 heteroatoms. The van der Waals surface area contributed by atoms with Gasteiger partial charge in [0, 0.05) is 0 Å². The van der Waals surface area contributed by atoms with E-state index in [9.17, 15) is 0 Å². The topological polar surface area (TPSA) is 26.0 Å². The summed E-state index contributed by atoms with van der Waals surface area (Å²) in [5, 5.41) is 0. The molecule has 0 spiro atoms. The molecular formula is C13H17FeN. The van der Waals surface area contributed by atoms with Crippen molar-refractivity contribution in [3.63, 3.8) is 0 Å². The summed E-state index contributed by atoms with van der Waals surface area (Å²) in [6.45, 7) is 4.88. The SMILES string of the molecule is Cc1cc[c-](CN)c1C.[Fe+2].c1cc[cH-]c1. The average molecular weight is 243 g/mol. The molecule has 0 aliphatic rings. The first-order valence-electron chi connectivity index (χ1n) is 4.84. The van der Waals surface area contributed by atoms with Gasteiger partial charge in [-0.1, -0.05) is 13.8 Å². The smallest absolute Gasteiger partial charge is 0.337 e. The minimum absolute atomic E-state index is 0. The van der Waals surface area contributed by atoms with Crippen molar-refractivity contribution in [1.82, 2.24) is 0 Å². The summed E-state index contributed by atoms with van der Waals surface area (Å²) in [5.74, 6) is 0. The van der Waals surface area contributed by atoms with Crippen LogP contribution in [0.25, 0.3) is 0 Å². The Morgan fingerprint density at radius 2 is 1.87 bits per heavy atom. The Hall–Kier alpha value is -0.821. The molecule has 0 fully saturated rings. The number of rotatable bonds is 1. The van der Waals surface area contributed by atoms with Crippen LogP contribution in [0.2, 0.25) is 0 Å². The quantitative estimate of drug-likeness (QED) is 0.604. The Morgan fingerprint density at radius 1 is 1.27 bits per heavy atom. The van der Waals surface area contributed by atoms with Crippen molar-refractivity contribution in [3.8, 4) is 0 Å². The van der Waals surface area contributed by atoms with Gasteiger partial charge >= 0.3 is 17.1 Å². The minimum Gasteiger partial charge on any atom is -0.337 e. The van der Waals surface area contributed by atoms with Crippen molar-refractivity contribution in [2.75, 3.05) is 0 Å². The number of aryl methyl sites for hydroxylation is 1. The molecule has 0 aliphatic carbocycles. The van der Waals surface area contributed by atoms with E-state index in [0.29, 0.717) is 6.54 Å². The van der Waals surface area contributed by atoms with Crippen LogP contribution in [-0.4, -0.2) is 0 Å². The third-order valence-corrected chi connectivity index (χ3v) is 2.38. The summed E-state index contributed by atoms with van der Waals surface area (Å²) in [6, 6.07) is 14.2.